The minimum Gasteiger partial charge on any atom is -0.497 e. The maximum atomic E-state index is 13.7. The number of anilines is 1. The topological polar surface area (TPSA) is 42.0 Å². The lowest BCUT2D eigenvalue weighted by atomic mass is 10.1. The molecule has 2 aliphatic rings. The van der Waals surface area contributed by atoms with Crippen LogP contribution >= 0.6 is 11.3 Å². The molecule has 2 aromatic carbocycles. The molecule has 1 aromatic heterocycles. The van der Waals surface area contributed by atoms with Crippen molar-refractivity contribution in [3.63, 3.8) is 0 Å². The van der Waals surface area contributed by atoms with Crippen LogP contribution in [-0.4, -0.2) is 50.3 Å². The Balaban J connectivity index is 1.45. The van der Waals surface area contributed by atoms with Gasteiger partial charge in [-0.15, -0.1) is 11.3 Å². The summed E-state index contributed by atoms with van der Waals surface area (Å²) in [6.45, 7) is 3.78. The van der Waals surface area contributed by atoms with Crippen molar-refractivity contribution in [3.05, 3.63) is 71.1 Å². The summed E-state index contributed by atoms with van der Waals surface area (Å²) >= 11 is 1.62. The predicted molar refractivity (Wildman–Crippen MR) is 129 cm³/mol. The molecule has 5 rings (SSSR count). The summed E-state index contributed by atoms with van der Waals surface area (Å²) in [4.78, 5) is 18.9. The van der Waals surface area contributed by atoms with E-state index in [1.165, 1.54) is 5.00 Å². The number of morpholine rings is 1. The highest BCUT2D eigenvalue weighted by molar-refractivity contribution is 7.18. The van der Waals surface area contributed by atoms with Crippen molar-refractivity contribution >= 4 is 22.2 Å². The van der Waals surface area contributed by atoms with Crippen LogP contribution in [0.5, 0.6) is 5.75 Å². The molecule has 0 N–H and O–H groups in total. The Kier molecular flexibility index (Phi) is 6.14. The second-order valence-corrected chi connectivity index (χ2v) is 9.34. The van der Waals surface area contributed by atoms with Crippen molar-refractivity contribution in [1.29, 1.82) is 0 Å². The predicted octanol–water partition coefficient (Wildman–Crippen LogP) is 5.07. The van der Waals surface area contributed by atoms with Crippen LogP contribution in [-0.2, 0) is 11.3 Å². The number of carbonyl (C=O) groups excluding carboxylic acids is 1. The van der Waals surface area contributed by atoms with Gasteiger partial charge >= 0.3 is 0 Å². The maximum absolute atomic E-state index is 13.7. The fourth-order valence-electron chi connectivity index (χ4n) is 4.13. The van der Waals surface area contributed by atoms with Crippen LogP contribution in [0.15, 0.2) is 60.7 Å². The highest BCUT2D eigenvalue weighted by atomic mass is 32.1. The van der Waals surface area contributed by atoms with Gasteiger partial charge in [0.05, 0.1) is 30.2 Å². The average molecular weight is 449 g/mol. The van der Waals surface area contributed by atoms with Crippen molar-refractivity contribution in [3.8, 4) is 16.9 Å². The SMILES string of the molecule is COc1ccc(CN(C(=O)c2cc(-c3ccccc3)c(N3CCOCC3)s2)C2CC2)cc1. The molecule has 32 heavy (non-hydrogen) atoms. The number of rotatable bonds is 7. The first-order valence-electron chi connectivity index (χ1n) is 11.2. The summed E-state index contributed by atoms with van der Waals surface area (Å²) in [5, 5.41) is 1.17. The maximum Gasteiger partial charge on any atom is 0.264 e. The van der Waals surface area contributed by atoms with Crippen LogP contribution in [0.1, 0.15) is 28.1 Å². The third-order valence-electron chi connectivity index (χ3n) is 6.07. The third-order valence-corrected chi connectivity index (χ3v) is 7.25. The molecule has 0 spiro atoms. The number of methoxy groups -OCH3 is 1. The molecule has 5 nitrogen and oxygen atoms in total. The summed E-state index contributed by atoms with van der Waals surface area (Å²) in [5.41, 5.74) is 3.41. The molecule has 166 valence electrons. The van der Waals surface area contributed by atoms with Gasteiger partial charge in [0.15, 0.2) is 0 Å². The minimum absolute atomic E-state index is 0.130. The number of carbonyl (C=O) groups is 1. The Morgan fingerprint density at radius 2 is 1.81 bits per heavy atom. The summed E-state index contributed by atoms with van der Waals surface area (Å²) in [5.74, 6) is 0.962. The van der Waals surface area contributed by atoms with E-state index in [-0.39, 0.29) is 5.91 Å². The van der Waals surface area contributed by atoms with Gasteiger partial charge in [0.1, 0.15) is 5.75 Å². The van der Waals surface area contributed by atoms with Crippen LogP contribution in [0.2, 0.25) is 0 Å². The third kappa shape index (κ3) is 4.52. The van der Waals surface area contributed by atoms with Gasteiger partial charge in [0, 0.05) is 31.2 Å². The van der Waals surface area contributed by atoms with Gasteiger partial charge < -0.3 is 19.3 Å². The molecule has 1 aliphatic heterocycles. The normalized spacial score (nSPS) is 16.1. The van der Waals surface area contributed by atoms with E-state index in [4.69, 9.17) is 9.47 Å². The number of nitrogens with zero attached hydrogens (tertiary/aromatic N) is 2. The zero-order valence-corrected chi connectivity index (χ0v) is 19.1. The van der Waals surface area contributed by atoms with Crippen molar-refractivity contribution in [1.82, 2.24) is 4.90 Å². The second-order valence-electron chi connectivity index (χ2n) is 8.31. The minimum atomic E-state index is 0.130. The van der Waals surface area contributed by atoms with Gasteiger partial charge in [-0.3, -0.25) is 4.79 Å². The summed E-state index contributed by atoms with van der Waals surface area (Å²) in [7, 11) is 1.67. The van der Waals surface area contributed by atoms with Gasteiger partial charge in [-0.05, 0) is 42.2 Å². The molecule has 0 radical (unpaired) electrons. The Labute approximate surface area is 193 Å². The van der Waals surface area contributed by atoms with Gasteiger partial charge in [0.2, 0.25) is 0 Å². The molecule has 2 heterocycles. The van der Waals surface area contributed by atoms with Crippen LogP contribution in [0.3, 0.4) is 0 Å². The van der Waals surface area contributed by atoms with E-state index in [1.807, 2.05) is 35.2 Å². The summed E-state index contributed by atoms with van der Waals surface area (Å²) in [6, 6.07) is 20.8. The van der Waals surface area contributed by atoms with Crippen LogP contribution in [0.25, 0.3) is 11.1 Å². The van der Waals surface area contributed by atoms with E-state index in [2.05, 4.69) is 35.2 Å². The smallest absolute Gasteiger partial charge is 0.264 e. The molecule has 2 fully saturated rings. The van der Waals surface area contributed by atoms with Crippen LogP contribution in [0, 0.1) is 0 Å². The number of hydrogen-bond acceptors (Lipinski definition) is 5. The van der Waals surface area contributed by atoms with Crippen molar-refractivity contribution in [2.24, 2.45) is 0 Å². The Morgan fingerprint density at radius 3 is 2.47 bits per heavy atom. The van der Waals surface area contributed by atoms with E-state index in [1.54, 1.807) is 18.4 Å². The fraction of sp³-hybridized carbons (Fsp3) is 0.346. The van der Waals surface area contributed by atoms with E-state index < -0.39 is 0 Å². The Morgan fingerprint density at radius 1 is 1.09 bits per heavy atom. The molecule has 6 heteroatoms. The molecule has 0 atom stereocenters. The van der Waals surface area contributed by atoms with Gasteiger partial charge in [-0.1, -0.05) is 42.5 Å². The fourth-order valence-corrected chi connectivity index (χ4v) is 5.32. The summed E-state index contributed by atoms with van der Waals surface area (Å²) in [6.07, 6.45) is 2.16. The monoisotopic (exact) mass is 448 g/mol. The quantitative estimate of drug-likeness (QED) is 0.506. The van der Waals surface area contributed by atoms with Gasteiger partial charge in [-0.25, -0.2) is 0 Å². The van der Waals surface area contributed by atoms with Crippen molar-refractivity contribution in [2.75, 3.05) is 38.3 Å². The van der Waals surface area contributed by atoms with E-state index in [0.717, 1.165) is 66.5 Å². The number of ether oxygens (including phenoxy) is 2. The molecule has 1 saturated heterocycles. The zero-order chi connectivity index (χ0) is 21.9. The zero-order valence-electron chi connectivity index (χ0n) is 18.3. The number of amides is 1. The molecule has 0 bridgehead atoms. The first-order chi connectivity index (χ1) is 15.7. The number of hydrogen-bond donors (Lipinski definition) is 0. The van der Waals surface area contributed by atoms with E-state index in [0.29, 0.717) is 12.6 Å². The first-order valence-corrected chi connectivity index (χ1v) is 12.0. The molecular formula is C26H28N2O3S. The van der Waals surface area contributed by atoms with Crippen molar-refractivity contribution < 1.29 is 14.3 Å². The van der Waals surface area contributed by atoms with E-state index >= 15 is 0 Å². The largest absolute Gasteiger partial charge is 0.497 e. The highest BCUT2D eigenvalue weighted by Gasteiger charge is 2.34. The highest BCUT2D eigenvalue weighted by Crippen LogP contribution is 2.41. The Bertz CT molecular complexity index is 1050. The molecular weight excluding hydrogens is 420 g/mol. The average Bonchev–Trinajstić information content (AvgIpc) is 3.60. The number of benzene rings is 2. The van der Waals surface area contributed by atoms with Crippen LogP contribution < -0.4 is 9.64 Å². The van der Waals surface area contributed by atoms with Crippen LogP contribution in [0.4, 0.5) is 5.00 Å². The van der Waals surface area contributed by atoms with Gasteiger partial charge in [0.25, 0.3) is 5.91 Å². The number of thiophene rings is 1. The molecule has 0 unspecified atom stereocenters. The lowest BCUT2D eigenvalue weighted by Gasteiger charge is -2.28. The second kappa shape index (κ2) is 9.35. The lowest BCUT2D eigenvalue weighted by molar-refractivity contribution is 0.0735. The molecule has 1 amide bonds. The molecule has 3 aromatic rings. The standard InChI is InChI=1S/C26H28N2O3S/c1-30-22-11-7-19(8-12-22)18-28(21-9-10-21)25(29)24-17-23(20-5-3-2-4-6-20)26(32-24)27-13-15-31-16-14-27/h2-8,11-12,17,21H,9-10,13-16,18H2,1H3. The summed E-state index contributed by atoms with van der Waals surface area (Å²) < 4.78 is 10.8. The van der Waals surface area contributed by atoms with Crippen molar-refractivity contribution in [2.45, 2.75) is 25.4 Å². The first kappa shape index (κ1) is 21.0. The Hall–Kier alpha value is -2.83. The molecule has 1 saturated carbocycles. The van der Waals surface area contributed by atoms with Gasteiger partial charge in [-0.2, -0.15) is 0 Å². The van der Waals surface area contributed by atoms with E-state index in [9.17, 15) is 4.79 Å². The molecule has 1 aliphatic carbocycles. The lowest BCUT2D eigenvalue weighted by Crippen LogP contribution is -2.36.